The SMILES string of the molecule is CCCCC1NC(c2ccc(F)cc2)N(CC2CC2)C1=O. The molecule has 2 unspecified atom stereocenters. The van der Waals surface area contributed by atoms with Crippen LogP contribution in [0, 0.1) is 11.7 Å². The van der Waals surface area contributed by atoms with Crippen LogP contribution in [-0.4, -0.2) is 23.4 Å². The second-order valence-corrected chi connectivity index (χ2v) is 6.25. The van der Waals surface area contributed by atoms with Gasteiger partial charge >= 0.3 is 0 Å². The van der Waals surface area contributed by atoms with Gasteiger partial charge in [-0.05, 0) is 42.9 Å². The topological polar surface area (TPSA) is 32.3 Å². The van der Waals surface area contributed by atoms with E-state index in [1.54, 1.807) is 12.1 Å². The number of unbranched alkanes of at least 4 members (excludes halogenated alkanes) is 1. The molecule has 1 saturated heterocycles. The quantitative estimate of drug-likeness (QED) is 0.872. The smallest absolute Gasteiger partial charge is 0.241 e. The van der Waals surface area contributed by atoms with E-state index in [0.29, 0.717) is 5.92 Å². The van der Waals surface area contributed by atoms with Gasteiger partial charge in [-0.15, -0.1) is 0 Å². The van der Waals surface area contributed by atoms with Crippen LogP contribution in [0.25, 0.3) is 0 Å². The largest absolute Gasteiger partial charge is 0.321 e. The maximum absolute atomic E-state index is 13.1. The number of carbonyl (C=O) groups is 1. The Hall–Kier alpha value is -1.42. The van der Waals surface area contributed by atoms with Crippen molar-refractivity contribution in [2.45, 2.75) is 51.2 Å². The molecule has 0 aromatic heterocycles. The minimum absolute atomic E-state index is 0.0845. The van der Waals surface area contributed by atoms with Crippen LogP contribution in [0.3, 0.4) is 0 Å². The van der Waals surface area contributed by atoms with Gasteiger partial charge in [-0.2, -0.15) is 0 Å². The molecule has 1 aromatic carbocycles. The molecule has 1 saturated carbocycles. The molecule has 0 spiro atoms. The van der Waals surface area contributed by atoms with E-state index in [4.69, 9.17) is 0 Å². The minimum atomic E-state index is -0.237. The van der Waals surface area contributed by atoms with Crippen LogP contribution in [0.5, 0.6) is 0 Å². The molecule has 1 aromatic rings. The Balaban J connectivity index is 1.77. The molecule has 3 rings (SSSR count). The van der Waals surface area contributed by atoms with Crippen molar-refractivity contribution in [1.29, 1.82) is 0 Å². The molecule has 2 atom stereocenters. The molecule has 2 aliphatic rings. The second-order valence-electron chi connectivity index (χ2n) is 6.25. The third kappa shape index (κ3) is 3.26. The summed E-state index contributed by atoms with van der Waals surface area (Å²) in [6, 6.07) is 6.41. The molecule has 114 valence electrons. The first-order valence-electron chi connectivity index (χ1n) is 8.01. The summed E-state index contributed by atoms with van der Waals surface area (Å²) in [5.41, 5.74) is 0.976. The van der Waals surface area contributed by atoms with Gasteiger partial charge < -0.3 is 4.90 Å². The van der Waals surface area contributed by atoms with Gasteiger partial charge in [0.05, 0.1) is 6.04 Å². The maximum atomic E-state index is 13.1. The summed E-state index contributed by atoms with van der Waals surface area (Å²) in [6.07, 6.45) is 5.37. The van der Waals surface area contributed by atoms with Crippen molar-refractivity contribution in [2.24, 2.45) is 5.92 Å². The van der Waals surface area contributed by atoms with Gasteiger partial charge in [0.2, 0.25) is 5.91 Å². The normalized spacial score (nSPS) is 25.6. The van der Waals surface area contributed by atoms with E-state index in [0.717, 1.165) is 31.4 Å². The van der Waals surface area contributed by atoms with E-state index < -0.39 is 0 Å². The number of nitrogens with zero attached hydrogens (tertiary/aromatic N) is 1. The number of hydrogen-bond donors (Lipinski definition) is 1. The van der Waals surface area contributed by atoms with Crippen molar-refractivity contribution in [3.63, 3.8) is 0 Å². The van der Waals surface area contributed by atoms with E-state index in [1.165, 1.54) is 25.0 Å². The molecule has 3 nitrogen and oxygen atoms in total. The lowest BCUT2D eigenvalue weighted by atomic mass is 10.1. The standard InChI is InChI=1S/C17H23FN2O/c1-2-3-4-15-17(21)20(11-12-5-6-12)16(19-15)13-7-9-14(18)10-8-13/h7-10,12,15-16,19H,2-6,11H2,1H3. The summed E-state index contributed by atoms with van der Waals surface area (Å²) >= 11 is 0. The molecule has 1 N–H and O–H groups in total. The number of benzene rings is 1. The Morgan fingerprint density at radius 3 is 2.62 bits per heavy atom. The van der Waals surface area contributed by atoms with E-state index in [-0.39, 0.29) is 23.9 Å². The Morgan fingerprint density at radius 1 is 1.29 bits per heavy atom. The summed E-state index contributed by atoms with van der Waals surface area (Å²) in [4.78, 5) is 14.6. The highest BCUT2D eigenvalue weighted by Crippen LogP contribution is 2.35. The third-order valence-electron chi connectivity index (χ3n) is 4.44. The fraction of sp³-hybridized carbons (Fsp3) is 0.588. The van der Waals surface area contributed by atoms with E-state index in [2.05, 4.69) is 12.2 Å². The lowest BCUT2D eigenvalue weighted by molar-refractivity contribution is -0.130. The lowest BCUT2D eigenvalue weighted by Gasteiger charge is -2.24. The fourth-order valence-electron chi connectivity index (χ4n) is 2.99. The Morgan fingerprint density at radius 2 is 2.00 bits per heavy atom. The van der Waals surface area contributed by atoms with Crippen molar-refractivity contribution in [3.05, 3.63) is 35.6 Å². The molecule has 1 aliphatic carbocycles. The zero-order valence-corrected chi connectivity index (χ0v) is 12.5. The molecule has 4 heteroatoms. The van der Waals surface area contributed by atoms with Crippen LogP contribution in [0.1, 0.15) is 50.8 Å². The number of nitrogens with one attached hydrogen (secondary N) is 1. The summed E-state index contributed by atoms with van der Waals surface area (Å²) in [5, 5.41) is 3.45. The van der Waals surface area contributed by atoms with Crippen molar-refractivity contribution in [2.75, 3.05) is 6.54 Å². The molecule has 1 aliphatic heterocycles. The van der Waals surface area contributed by atoms with Crippen LogP contribution in [-0.2, 0) is 4.79 Å². The fourth-order valence-corrected chi connectivity index (χ4v) is 2.99. The molecule has 1 heterocycles. The summed E-state index contributed by atoms with van der Waals surface area (Å²) in [7, 11) is 0. The van der Waals surface area contributed by atoms with E-state index in [9.17, 15) is 9.18 Å². The average Bonchev–Trinajstić information content (AvgIpc) is 3.25. The zero-order chi connectivity index (χ0) is 14.8. The van der Waals surface area contributed by atoms with Gasteiger partial charge in [-0.1, -0.05) is 31.9 Å². The van der Waals surface area contributed by atoms with Crippen molar-refractivity contribution < 1.29 is 9.18 Å². The van der Waals surface area contributed by atoms with Crippen molar-refractivity contribution in [1.82, 2.24) is 10.2 Å². The van der Waals surface area contributed by atoms with Gasteiger partial charge in [0.15, 0.2) is 0 Å². The molecule has 0 bridgehead atoms. The van der Waals surface area contributed by atoms with Crippen LogP contribution < -0.4 is 5.32 Å². The minimum Gasteiger partial charge on any atom is -0.321 e. The highest BCUT2D eigenvalue weighted by atomic mass is 19.1. The van der Waals surface area contributed by atoms with Crippen LogP contribution in [0.15, 0.2) is 24.3 Å². The number of halogens is 1. The van der Waals surface area contributed by atoms with E-state index in [1.807, 2.05) is 4.90 Å². The highest BCUT2D eigenvalue weighted by Gasteiger charge is 2.41. The molecule has 2 fully saturated rings. The number of carbonyl (C=O) groups excluding carboxylic acids is 1. The molecule has 0 radical (unpaired) electrons. The van der Waals surface area contributed by atoms with Gasteiger partial charge in [-0.25, -0.2) is 4.39 Å². The number of rotatable bonds is 6. The van der Waals surface area contributed by atoms with E-state index >= 15 is 0 Å². The Labute approximate surface area is 125 Å². The zero-order valence-electron chi connectivity index (χ0n) is 12.5. The third-order valence-corrected chi connectivity index (χ3v) is 4.44. The van der Waals surface area contributed by atoms with Crippen molar-refractivity contribution >= 4 is 5.91 Å². The van der Waals surface area contributed by atoms with Crippen molar-refractivity contribution in [3.8, 4) is 0 Å². The molecule has 1 amide bonds. The first-order valence-corrected chi connectivity index (χ1v) is 8.01. The van der Waals surface area contributed by atoms with Gasteiger partial charge in [0.1, 0.15) is 12.0 Å². The Kier molecular flexibility index (Phi) is 4.24. The molecule has 21 heavy (non-hydrogen) atoms. The van der Waals surface area contributed by atoms with Gasteiger partial charge in [0, 0.05) is 6.54 Å². The number of hydrogen-bond acceptors (Lipinski definition) is 2. The maximum Gasteiger partial charge on any atom is 0.241 e. The second kappa shape index (κ2) is 6.14. The lowest BCUT2D eigenvalue weighted by Crippen LogP contribution is -2.32. The molecular formula is C17H23FN2O. The monoisotopic (exact) mass is 290 g/mol. The van der Waals surface area contributed by atoms with Gasteiger partial charge in [0.25, 0.3) is 0 Å². The van der Waals surface area contributed by atoms with Crippen LogP contribution in [0.2, 0.25) is 0 Å². The first-order chi connectivity index (χ1) is 10.2. The highest BCUT2D eigenvalue weighted by molar-refractivity contribution is 5.84. The summed E-state index contributed by atoms with van der Waals surface area (Å²) in [5.74, 6) is 0.632. The number of amides is 1. The van der Waals surface area contributed by atoms with Gasteiger partial charge in [-0.3, -0.25) is 10.1 Å². The Bertz CT molecular complexity index is 498. The summed E-state index contributed by atoms with van der Waals surface area (Å²) < 4.78 is 13.1. The predicted octanol–water partition coefficient (Wildman–Crippen LogP) is 3.22. The summed E-state index contributed by atoms with van der Waals surface area (Å²) in [6.45, 7) is 2.97. The van der Waals surface area contributed by atoms with Crippen LogP contribution >= 0.6 is 0 Å². The predicted molar refractivity (Wildman–Crippen MR) is 80.0 cm³/mol. The van der Waals surface area contributed by atoms with Crippen LogP contribution in [0.4, 0.5) is 4.39 Å². The molecular weight excluding hydrogens is 267 g/mol. The average molecular weight is 290 g/mol. The first kappa shape index (κ1) is 14.5.